The maximum absolute atomic E-state index is 12.4. The Labute approximate surface area is 159 Å². The molecule has 0 radical (unpaired) electrons. The highest BCUT2D eigenvalue weighted by Gasteiger charge is 2.35. The van der Waals surface area contributed by atoms with Crippen molar-refractivity contribution in [3.63, 3.8) is 0 Å². The fourth-order valence-corrected chi connectivity index (χ4v) is 4.50. The zero-order chi connectivity index (χ0) is 18.7. The highest BCUT2D eigenvalue weighted by Crippen LogP contribution is 2.31. The quantitative estimate of drug-likeness (QED) is 0.878. The molecule has 0 bridgehead atoms. The minimum atomic E-state index is -0.559. The van der Waals surface area contributed by atoms with Gasteiger partial charge in [-0.3, -0.25) is 14.7 Å². The maximum atomic E-state index is 12.4. The minimum Gasteiger partial charge on any atom is -0.389 e. The van der Waals surface area contributed by atoms with Crippen molar-refractivity contribution in [2.24, 2.45) is 0 Å². The first-order chi connectivity index (χ1) is 13.1. The van der Waals surface area contributed by atoms with Gasteiger partial charge in [0.1, 0.15) is 0 Å². The fourth-order valence-electron chi connectivity index (χ4n) is 4.50. The third kappa shape index (κ3) is 4.28. The fraction of sp³-hybridized carbons (Fsp3) is 0.571. The van der Waals surface area contributed by atoms with Gasteiger partial charge < -0.3 is 5.11 Å². The third-order valence-electron chi connectivity index (χ3n) is 5.99. The average Bonchev–Trinajstić information content (AvgIpc) is 3.11. The van der Waals surface area contributed by atoms with Crippen LogP contribution >= 0.6 is 0 Å². The van der Waals surface area contributed by atoms with Gasteiger partial charge in [0.05, 0.1) is 17.8 Å². The summed E-state index contributed by atoms with van der Waals surface area (Å²) in [6.07, 6.45) is 10.9. The second-order valence-corrected chi connectivity index (χ2v) is 8.03. The van der Waals surface area contributed by atoms with Crippen molar-refractivity contribution in [3.05, 3.63) is 47.0 Å². The maximum Gasteiger partial charge on any atom is 0.266 e. The Morgan fingerprint density at radius 2 is 2.00 bits per heavy atom. The lowest BCUT2D eigenvalue weighted by Gasteiger charge is -2.37. The molecule has 3 heterocycles. The van der Waals surface area contributed by atoms with Crippen molar-refractivity contribution in [2.75, 3.05) is 13.1 Å². The van der Waals surface area contributed by atoms with E-state index in [4.69, 9.17) is 0 Å². The number of rotatable bonds is 5. The van der Waals surface area contributed by atoms with E-state index in [1.807, 2.05) is 12.1 Å². The van der Waals surface area contributed by atoms with Gasteiger partial charge in [0.2, 0.25) is 0 Å². The molecular weight excluding hydrogens is 340 g/mol. The lowest BCUT2D eigenvalue weighted by atomic mass is 9.84. The lowest BCUT2D eigenvalue weighted by Crippen LogP contribution is -2.47. The predicted octanol–water partition coefficient (Wildman–Crippen LogP) is 2.46. The van der Waals surface area contributed by atoms with Crippen molar-refractivity contribution < 1.29 is 5.11 Å². The molecule has 0 amide bonds. The molecule has 1 saturated carbocycles. The number of likely N-dealkylation sites (tertiary alicyclic amines) is 1. The summed E-state index contributed by atoms with van der Waals surface area (Å²) in [4.78, 5) is 18.9. The summed E-state index contributed by atoms with van der Waals surface area (Å²) in [5, 5.41) is 15.5. The Bertz CT molecular complexity index is 814. The zero-order valence-electron chi connectivity index (χ0n) is 15.8. The van der Waals surface area contributed by atoms with Crippen molar-refractivity contribution in [1.82, 2.24) is 19.7 Å². The number of aliphatic hydroxyl groups is 1. The van der Waals surface area contributed by atoms with Crippen LogP contribution in [0.15, 0.2) is 41.5 Å². The van der Waals surface area contributed by atoms with Crippen molar-refractivity contribution in [3.8, 4) is 11.3 Å². The van der Waals surface area contributed by atoms with Crippen LogP contribution in [0.5, 0.6) is 0 Å². The smallest absolute Gasteiger partial charge is 0.266 e. The number of hydrogen-bond acceptors (Lipinski definition) is 5. The molecule has 6 nitrogen and oxygen atoms in total. The molecule has 0 spiro atoms. The van der Waals surface area contributed by atoms with Crippen LogP contribution in [0.2, 0.25) is 0 Å². The Morgan fingerprint density at radius 3 is 2.78 bits per heavy atom. The summed E-state index contributed by atoms with van der Waals surface area (Å²) in [7, 11) is 0. The molecule has 1 saturated heterocycles. The molecule has 1 aliphatic heterocycles. The van der Waals surface area contributed by atoms with Crippen LogP contribution in [0.1, 0.15) is 44.9 Å². The van der Waals surface area contributed by atoms with Crippen LogP contribution in [0.3, 0.4) is 0 Å². The number of aromatic nitrogens is 3. The third-order valence-corrected chi connectivity index (χ3v) is 5.99. The van der Waals surface area contributed by atoms with Gasteiger partial charge in [-0.05, 0) is 50.4 Å². The van der Waals surface area contributed by atoms with Gasteiger partial charge >= 0.3 is 0 Å². The summed E-state index contributed by atoms with van der Waals surface area (Å²) < 4.78 is 1.58. The number of nitrogens with zero attached hydrogens (tertiary/aromatic N) is 4. The average molecular weight is 368 g/mol. The van der Waals surface area contributed by atoms with Crippen molar-refractivity contribution in [1.29, 1.82) is 0 Å². The largest absolute Gasteiger partial charge is 0.389 e. The molecule has 144 valence electrons. The van der Waals surface area contributed by atoms with E-state index in [0.717, 1.165) is 56.3 Å². The molecule has 1 unspecified atom stereocenters. The van der Waals surface area contributed by atoms with Gasteiger partial charge in [0.15, 0.2) is 0 Å². The molecule has 27 heavy (non-hydrogen) atoms. The summed E-state index contributed by atoms with van der Waals surface area (Å²) in [6.45, 7) is 2.28. The Hall–Kier alpha value is -2.05. The van der Waals surface area contributed by atoms with Gasteiger partial charge in [-0.1, -0.05) is 19.3 Å². The number of pyridine rings is 1. The number of hydrogen-bond donors (Lipinski definition) is 1. The van der Waals surface area contributed by atoms with E-state index in [2.05, 4.69) is 15.0 Å². The first kappa shape index (κ1) is 18.3. The molecule has 2 aliphatic rings. The molecule has 1 atom stereocenters. The Kier molecular flexibility index (Phi) is 5.36. The summed E-state index contributed by atoms with van der Waals surface area (Å²) in [5.41, 5.74) is 1.03. The topological polar surface area (TPSA) is 71.2 Å². The van der Waals surface area contributed by atoms with Crippen molar-refractivity contribution >= 4 is 0 Å². The van der Waals surface area contributed by atoms with Crippen LogP contribution < -0.4 is 5.56 Å². The highest BCUT2D eigenvalue weighted by molar-refractivity contribution is 5.56. The molecule has 4 rings (SSSR count). The van der Waals surface area contributed by atoms with E-state index in [9.17, 15) is 9.90 Å². The van der Waals surface area contributed by atoms with E-state index in [-0.39, 0.29) is 11.6 Å². The second kappa shape index (κ2) is 7.90. The van der Waals surface area contributed by atoms with Crippen LogP contribution in [-0.4, -0.2) is 49.5 Å². The SMILES string of the molecule is O=c1ccc(-c2cccnc2)nn1CC1CCCN1CC1(O)CCCCC1. The molecule has 0 aromatic carbocycles. The highest BCUT2D eigenvalue weighted by atomic mass is 16.3. The number of β-amino-alcohol motifs (C(OH)–C–C–N with tert-alkyl or cyclic N) is 1. The van der Waals surface area contributed by atoms with Gasteiger partial charge in [0.25, 0.3) is 5.56 Å². The predicted molar refractivity (Wildman–Crippen MR) is 104 cm³/mol. The van der Waals surface area contributed by atoms with Crippen LogP contribution in [0.4, 0.5) is 0 Å². The minimum absolute atomic E-state index is 0.0779. The molecular formula is C21H28N4O2. The van der Waals surface area contributed by atoms with Gasteiger partial charge in [-0.25, -0.2) is 4.68 Å². The van der Waals surface area contributed by atoms with Crippen LogP contribution in [-0.2, 0) is 6.54 Å². The molecule has 2 aromatic rings. The molecule has 2 aromatic heterocycles. The van der Waals surface area contributed by atoms with E-state index in [1.165, 1.54) is 6.42 Å². The first-order valence-corrected chi connectivity index (χ1v) is 10.1. The monoisotopic (exact) mass is 368 g/mol. The Balaban J connectivity index is 1.50. The normalized spacial score (nSPS) is 22.8. The van der Waals surface area contributed by atoms with Gasteiger partial charge in [-0.15, -0.1) is 0 Å². The Morgan fingerprint density at radius 1 is 1.15 bits per heavy atom. The summed E-state index contributed by atoms with van der Waals surface area (Å²) >= 11 is 0. The van der Waals surface area contributed by atoms with Gasteiger partial charge in [-0.2, -0.15) is 5.10 Å². The van der Waals surface area contributed by atoms with E-state index in [1.54, 1.807) is 29.2 Å². The van der Waals surface area contributed by atoms with Crippen molar-refractivity contribution in [2.45, 2.75) is 63.1 Å². The summed E-state index contributed by atoms with van der Waals surface area (Å²) in [6, 6.07) is 7.42. The lowest BCUT2D eigenvalue weighted by molar-refractivity contribution is -0.0305. The van der Waals surface area contributed by atoms with E-state index < -0.39 is 5.60 Å². The summed E-state index contributed by atoms with van der Waals surface area (Å²) in [5.74, 6) is 0. The molecule has 1 aliphatic carbocycles. The molecule has 6 heteroatoms. The first-order valence-electron chi connectivity index (χ1n) is 10.1. The van der Waals surface area contributed by atoms with Crippen LogP contribution in [0.25, 0.3) is 11.3 Å². The zero-order valence-corrected chi connectivity index (χ0v) is 15.8. The van der Waals surface area contributed by atoms with E-state index in [0.29, 0.717) is 13.1 Å². The second-order valence-electron chi connectivity index (χ2n) is 8.03. The standard InChI is InChI=1S/C21H28N4O2/c26-20-9-8-19(17-6-4-12-22-14-17)23-25(20)15-18-7-5-13-24(18)16-21(27)10-2-1-3-11-21/h4,6,8-9,12,14,18,27H,1-3,5,7,10-11,13,15-16H2. The van der Waals surface area contributed by atoms with Gasteiger partial charge in [0, 0.05) is 36.6 Å². The van der Waals surface area contributed by atoms with E-state index >= 15 is 0 Å². The van der Waals surface area contributed by atoms with Crippen LogP contribution in [0, 0.1) is 0 Å². The molecule has 1 N–H and O–H groups in total. The molecule has 2 fully saturated rings.